The molecule has 1 heteroatoms. The van der Waals surface area contributed by atoms with E-state index in [0.717, 1.165) is 12.5 Å². The van der Waals surface area contributed by atoms with Crippen molar-refractivity contribution in [3.05, 3.63) is 37.0 Å². The Morgan fingerprint density at radius 2 is 1.25 bits per heavy atom. The molecule has 0 aromatic heterocycles. The first-order valence-corrected chi connectivity index (χ1v) is 7.74. The Hall–Kier alpha value is -0.820. The summed E-state index contributed by atoms with van der Waals surface area (Å²) in [6.07, 6.45) is 10.6. The van der Waals surface area contributed by atoms with Gasteiger partial charge in [-0.15, -0.1) is 6.58 Å². The maximum atomic E-state index is 3.56. The van der Waals surface area contributed by atoms with Crippen LogP contribution in [0.3, 0.4) is 0 Å². The molecule has 0 unspecified atom stereocenters. The number of rotatable bonds is 5. The van der Waals surface area contributed by atoms with Gasteiger partial charge in [0.1, 0.15) is 0 Å². The van der Waals surface area contributed by atoms with Crippen molar-refractivity contribution in [3.8, 4) is 0 Å². The van der Waals surface area contributed by atoms with Gasteiger partial charge in [0, 0.05) is 6.54 Å². The molecule has 120 valence electrons. The van der Waals surface area contributed by atoms with E-state index in [-0.39, 0.29) is 0 Å². The van der Waals surface area contributed by atoms with E-state index in [1.165, 1.54) is 0 Å². The highest BCUT2D eigenvalue weighted by atomic mass is 15.0. The smallest absolute Gasteiger partial charge is 0.0157 e. The second-order valence-electron chi connectivity index (χ2n) is 6.18. The third-order valence-corrected chi connectivity index (χ3v) is 2.04. The fourth-order valence-electron chi connectivity index (χ4n) is 0.929. The van der Waals surface area contributed by atoms with E-state index in [0.29, 0.717) is 11.8 Å². The average molecular weight is 282 g/mol. The van der Waals surface area contributed by atoms with Crippen LogP contribution in [0.5, 0.6) is 0 Å². The maximum absolute atomic E-state index is 3.56. The summed E-state index contributed by atoms with van der Waals surface area (Å²) in [5, 5.41) is 0. The molecule has 0 saturated carbocycles. The zero-order valence-electron chi connectivity index (χ0n) is 15.5. The highest BCUT2D eigenvalue weighted by Gasteiger charge is 1.84. The fourth-order valence-corrected chi connectivity index (χ4v) is 0.929. The third-order valence-electron chi connectivity index (χ3n) is 2.04. The van der Waals surface area contributed by atoms with Gasteiger partial charge < -0.3 is 4.90 Å². The van der Waals surface area contributed by atoms with Crippen LogP contribution < -0.4 is 0 Å². The first-order valence-electron chi connectivity index (χ1n) is 7.74. The normalized spacial score (nSPS) is 11.1. The maximum Gasteiger partial charge on any atom is 0.0157 e. The highest BCUT2D eigenvalue weighted by molar-refractivity contribution is 4.85. The fraction of sp³-hybridized carbons (Fsp3) is 0.684. The lowest BCUT2D eigenvalue weighted by molar-refractivity contribution is 0.455. The van der Waals surface area contributed by atoms with Crippen LogP contribution in [-0.4, -0.2) is 25.5 Å². The van der Waals surface area contributed by atoms with Gasteiger partial charge in [0.25, 0.3) is 0 Å². The molecule has 0 saturated heterocycles. The van der Waals surface area contributed by atoms with E-state index < -0.39 is 0 Å². The van der Waals surface area contributed by atoms with Gasteiger partial charge in [0.2, 0.25) is 0 Å². The number of nitrogens with zero attached hydrogens (tertiary/aromatic N) is 1. The number of hydrogen-bond acceptors (Lipinski definition) is 1. The first-order chi connectivity index (χ1) is 9.17. The topological polar surface area (TPSA) is 3.24 Å². The zero-order chi connectivity index (χ0) is 16.6. The van der Waals surface area contributed by atoms with Crippen molar-refractivity contribution in [1.82, 2.24) is 4.90 Å². The molecule has 1 nitrogen and oxygen atoms in total. The Kier molecular flexibility index (Phi) is 22.0. The van der Waals surface area contributed by atoms with Gasteiger partial charge >= 0.3 is 0 Å². The molecule has 0 N–H and O–H groups in total. The standard InChI is InChI=1S/C8H17N.C6H12.C5H10/c1-8(2)6-5-7-9(3)4;1-4-5-6(2)3;1-4-5(2)3/h5-6,8H,7H2,1-4H3;4-6H,1-3H3;4-5H,1H2,2-3H3/b6-5+;5-4+;. The molecular formula is C19H39N. The van der Waals surface area contributed by atoms with Crippen molar-refractivity contribution in [2.24, 2.45) is 17.8 Å². The lowest BCUT2D eigenvalue weighted by Crippen LogP contribution is -2.10. The molecule has 0 aliphatic rings. The van der Waals surface area contributed by atoms with Crippen LogP contribution in [0, 0.1) is 17.8 Å². The van der Waals surface area contributed by atoms with E-state index in [9.17, 15) is 0 Å². The Morgan fingerprint density at radius 3 is 1.40 bits per heavy atom. The quantitative estimate of drug-likeness (QED) is 0.575. The monoisotopic (exact) mass is 281 g/mol. The molecule has 0 atom stereocenters. The molecule has 0 amide bonds. The highest BCUT2D eigenvalue weighted by Crippen LogP contribution is 1.92. The Bertz CT molecular complexity index is 232. The predicted molar refractivity (Wildman–Crippen MR) is 97.2 cm³/mol. The molecular weight excluding hydrogens is 242 g/mol. The van der Waals surface area contributed by atoms with Crippen molar-refractivity contribution in [2.75, 3.05) is 20.6 Å². The molecule has 0 bridgehead atoms. The van der Waals surface area contributed by atoms with Gasteiger partial charge in [-0.25, -0.2) is 0 Å². The molecule has 0 aliphatic carbocycles. The van der Waals surface area contributed by atoms with Crippen molar-refractivity contribution in [3.63, 3.8) is 0 Å². The van der Waals surface area contributed by atoms with Gasteiger partial charge in [0.15, 0.2) is 0 Å². The van der Waals surface area contributed by atoms with Crippen LogP contribution >= 0.6 is 0 Å². The SMILES string of the molecule is C/C=C/C(C)C.C=CC(C)C.CC(C)/C=C/CN(C)C. The van der Waals surface area contributed by atoms with E-state index in [1.807, 2.05) is 13.0 Å². The lowest BCUT2D eigenvalue weighted by Gasteiger charge is -2.03. The molecule has 0 aliphatic heterocycles. The molecule has 0 aromatic rings. The molecule has 0 spiro atoms. The van der Waals surface area contributed by atoms with Crippen molar-refractivity contribution >= 4 is 0 Å². The second-order valence-corrected chi connectivity index (χ2v) is 6.18. The lowest BCUT2D eigenvalue weighted by atomic mass is 10.2. The summed E-state index contributed by atoms with van der Waals surface area (Å²) in [5.41, 5.74) is 0. The molecule has 0 fully saturated rings. The molecule has 0 aromatic carbocycles. The number of allylic oxidation sites excluding steroid dienone is 4. The minimum atomic E-state index is 0.648. The van der Waals surface area contributed by atoms with Gasteiger partial charge in [-0.1, -0.05) is 71.9 Å². The van der Waals surface area contributed by atoms with E-state index >= 15 is 0 Å². The van der Waals surface area contributed by atoms with Gasteiger partial charge in [-0.2, -0.15) is 0 Å². The molecule has 20 heavy (non-hydrogen) atoms. The zero-order valence-corrected chi connectivity index (χ0v) is 15.5. The number of hydrogen-bond donors (Lipinski definition) is 0. The summed E-state index contributed by atoms with van der Waals surface area (Å²) in [7, 11) is 4.15. The van der Waals surface area contributed by atoms with Crippen LogP contribution in [0.2, 0.25) is 0 Å². The van der Waals surface area contributed by atoms with Crippen molar-refractivity contribution in [1.29, 1.82) is 0 Å². The van der Waals surface area contributed by atoms with Crippen LogP contribution in [0.15, 0.2) is 37.0 Å². The van der Waals surface area contributed by atoms with Crippen LogP contribution in [0.1, 0.15) is 48.5 Å². The van der Waals surface area contributed by atoms with Gasteiger partial charge in [-0.05, 0) is 38.8 Å². The molecule has 0 heterocycles. The summed E-state index contributed by atoms with van der Waals surface area (Å²) >= 11 is 0. The summed E-state index contributed by atoms with van der Waals surface area (Å²) < 4.78 is 0. The average Bonchev–Trinajstić information content (AvgIpc) is 2.29. The van der Waals surface area contributed by atoms with Crippen molar-refractivity contribution < 1.29 is 0 Å². The summed E-state index contributed by atoms with van der Waals surface area (Å²) in [4.78, 5) is 2.15. The Morgan fingerprint density at radius 1 is 0.850 bits per heavy atom. The summed E-state index contributed by atoms with van der Waals surface area (Å²) in [6, 6.07) is 0. The first kappa shape index (κ1) is 24.2. The number of likely N-dealkylation sites (N-methyl/N-ethyl adjacent to an activating group) is 1. The predicted octanol–water partition coefficient (Wildman–Crippen LogP) is 5.81. The Balaban J connectivity index is -0.000000230. The van der Waals surface area contributed by atoms with Gasteiger partial charge in [0.05, 0.1) is 0 Å². The third kappa shape index (κ3) is 43.4. The van der Waals surface area contributed by atoms with Crippen molar-refractivity contribution in [2.45, 2.75) is 48.5 Å². The minimum absolute atomic E-state index is 0.648. The van der Waals surface area contributed by atoms with E-state index in [4.69, 9.17) is 0 Å². The molecule has 0 radical (unpaired) electrons. The van der Waals surface area contributed by atoms with Crippen LogP contribution in [0.25, 0.3) is 0 Å². The summed E-state index contributed by atoms with van der Waals surface area (Å²) in [6.45, 7) is 19.6. The van der Waals surface area contributed by atoms with Crippen LogP contribution in [-0.2, 0) is 0 Å². The van der Waals surface area contributed by atoms with E-state index in [2.05, 4.69) is 91.4 Å². The Labute approximate surface area is 129 Å². The minimum Gasteiger partial charge on any atom is -0.306 e. The summed E-state index contributed by atoms with van der Waals surface area (Å²) in [5.74, 6) is 2.05. The largest absolute Gasteiger partial charge is 0.306 e. The van der Waals surface area contributed by atoms with Gasteiger partial charge in [-0.3, -0.25) is 0 Å². The van der Waals surface area contributed by atoms with E-state index in [1.54, 1.807) is 0 Å². The molecule has 0 rings (SSSR count). The van der Waals surface area contributed by atoms with Crippen LogP contribution in [0.4, 0.5) is 0 Å². The second kappa shape index (κ2) is 18.2.